The van der Waals surface area contributed by atoms with Crippen molar-refractivity contribution < 1.29 is 19.8 Å². The molecule has 2 atom stereocenters. The van der Waals surface area contributed by atoms with Gasteiger partial charge in [0.2, 0.25) is 5.91 Å². The third kappa shape index (κ3) is 2.96. The third-order valence-corrected chi connectivity index (χ3v) is 4.18. The number of benzene rings is 2. The summed E-state index contributed by atoms with van der Waals surface area (Å²) in [6.45, 7) is 0. The molecule has 6 nitrogen and oxygen atoms in total. The quantitative estimate of drug-likeness (QED) is 0.789. The van der Waals surface area contributed by atoms with Crippen molar-refractivity contribution in [3.63, 3.8) is 0 Å². The predicted octanol–water partition coefficient (Wildman–Crippen LogP) is 1.13. The zero-order valence-corrected chi connectivity index (χ0v) is 13.1. The van der Waals surface area contributed by atoms with Gasteiger partial charge in [0.1, 0.15) is 11.8 Å². The van der Waals surface area contributed by atoms with E-state index in [9.17, 15) is 19.8 Å². The van der Waals surface area contributed by atoms with E-state index in [4.69, 9.17) is 0 Å². The number of aromatic hydroxyl groups is 1. The number of fused-ring (bicyclic) bond motifs is 1. The number of hydrogen-bond acceptors (Lipinski definition) is 4. The number of carbonyl (C=O) groups excluding carboxylic acids is 2. The van der Waals surface area contributed by atoms with Crippen LogP contribution in [0.3, 0.4) is 0 Å². The van der Waals surface area contributed by atoms with Crippen LogP contribution in [0.5, 0.6) is 5.75 Å². The van der Waals surface area contributed by atoms with Crippen LogP contribution < -0.4 is 10.2 Å². The summed E-state index contributed by atoms with van der Waals surface area (Å²) in [4.78, 5) is 26.2. The Morgan fingerprint density at radius 2 is 1.88 bits per heavy atom. The minimum atomic E-state index is -1.40. The van der Waals surface area contributed by atoms with Gasteiger partial charge in [-0.3, -0.25) is 9.59 Å². The van der Waals surface area contributed by atoms with Crippen LogP contribution in [-0.4, -0.2) is 35.1 Å². The number of hydrogen-bond donors (Lipinski definition) is 3. The number of carbonyl (C=O) groups is 2. The maximum atomic E-state index is 12.4. The molecule has 1 aliphatic heterocycles. The number of aliphatic hydroxyl groups excluding tert-OH is 1. The summed E-state index contributed by atoms with van der Waals surface area (Å²) in [5.41, 5.74) is 2.14. The van der Waals surface area contributed by atoms with E-state index in [1.165, 1.54) is 29.2 Å². The first-order chi connectivity index (χ1) is 11.5. The Kier molecular flexibility index (Phi) is 4.22. The van der Waals surface area contributed by atoms with Crippen molar-refractivity contribution in [1.29, 1.82) is 0 Å². The van der Waals surface area contributed by atoms with Crippen molar-refractivity contribution in [2.45, 2.75) is 18.6 Å². The van der Waals surface area contributed by atoms with Gasteiger partial charge in [-0.25, -0.2) is 0 Å². The lowest BCUT2D eigenvalue weighted by Crippen LogP contribution is -2.52. The van der Waals surface area contributed by atoms with E-state index in [-0.39, 0.29) is 11.7 Å². The average molecular weight is 326 g/mol. The first-order valence-electron chi connectivity index (χ1n) is 7.60. The van der Waals surface area contributed by atoms with Crippen LogP contribution >= 0.6 is 0 Å². The number of para-hydroxylation sites is 1. The van der Waals surface area contributed by atoms with Gasteiger partial charge in [0.05, 0.1) is 0 Å². The first kappa shape index (κ1) is 16.0. The van der Waals surface area contributed by atoms with Crippen molar-refractivity contribution in [2.24, 2.45) is 0 Å². The van der Waals surface area contributed by atoms with E-state index in [0.717, 1.165) is 11.3 Å². The molecule has 1 aliphatic rings. The minimum Gasteiger partial charge on any atom is -0.508 e. The molecule has 0 radical (unpaired) electrons. The summed E-state index contributed by atoms with van der Waals surface area (Å²) >= 11 is 0. The van der Waals surface area contributed by atoms with Crippen molar-refractivity contribution in [3.8, 4) is 5.75 Å². The number of nitrogens with zero attached hydrogens (tertiary/aromatic N) is 1. The van der Waals surface area contributed by atoms with E-state index in [1.54, 1.807) is 7.05 Å². The van der Waals surface area contributed by atoms with E-state index in [2.05, 4.69) is 5.32 Å². The molecule has 0 aliphatic carbocycles. The second-order valence-electron chi connectivity index (χ2n) is 5.79. The summed E-state index contributed by atoms with van der Waals surface area (Å²) < 4.78 is 0. The highest BCUT2D eigenvalue weighted by Gasteiger charge is 2.32. The topological polar surface area (TPSA) is 89.9 Å². The highest BCUT2D eigenvalue weighted by molar-refractivity contribution is 6.02. The molecule has 3 N–H and O–H groups in total. The number of likely N-dealkylation sites (N-methyl/N-ethyl adjacent to an activating group) is 1. The van der Waals surface area contributed by atoms with Crippen LogP contribution in [-0.2, 0) is 16.0 Å². The molecule has 2 amide bonds. The SMILES string of the molecule is CN1C(=O)C(NC(=O)C(O)c2ccc(O)cc2)Cc2ccccc21. The Labute approximate surface area is 139 Å². The molecule has 0 fully saturated rings. The monoisotopic (exact) mass is 326 g/mol. The summed E-state index contributed by atoms with van der Waals surface area (Å²) in [6, 6.07) is 12.5. The number of anilines is 1. The van der Waals surface area contributed by atoms with Crippen LogP contribution in [0.15, 0.2) is 48.5 Å². The highest BCUT2D eigenvalue weighted by atomic mass is 16.3. The van der Waals surface area contributed by atoms with E-state index in [1.807, 2.05) is 24.3 Å². The van der Waals surface area contributed by atoms with Crippen LogP contribution in [0.1, 0.15) is 17.2 Å². The number of rotatable bonds is 3. The maximum absolute atomic E-state index is 12.4. The molecule has 0 spiro atoms. The molecule has 2 unspecified atom stereocenters. The fourth-order valence-corrected chi connectivity index (χ4v) is 2.84. The van der Waals surface area contributed by atoms with E-state index in [0.29, 0.717) is 12.0 Å². The normalized spacial score (nSPS) is 18.0. The van der Waals surface area contributed by atoms with E-state index >= 15 is 0 Å². The molecule has 2 aromatic carbocycles. The number of phenolic OH excluding ortho intramolecular Hbond substituents is 1. The molecule has 0 aromatic heterocycles. The standard InChI is InChI=1S/C18H18N2O4/c1-20-15-5-3-2-4-12(15)10-14(18(20)24)19-17(23)16(22)11-6-8-13(21)9-7-11/h2-9,14,16,21-22H,10H2,1H3,(H,19,23). The Morgan fingerprint density at radius 3 is 2.58 bits per heavy atom. The molecule has 2 aromatic rings. The zero-order valence-electron chi connectivity index (χ0n) is 13.1. The van der Waals surface area contributed by atoms with Gasteiger partial charge in [-0.05, 0) is 29.3 Å². The van der Waals surface area contributed by atoms with Gasteiger partial charge in [0, 0.05) is 19.2 Å². The zero-order chi connectivity index (χ0) is 17.3. The maximum Gasteiger partial charge on any atom is 0.254 e. The summed E-state index contributed by atoms with van der Waals surface area (Å²) in [5.74, 6) is -0.821. The molecular weight excluding hydrogens is 308 g/mol. The Hall–Kier alpha value is -2.86. The largest absolute Gasteiger partial charge is 0.508 e. The van der Waals surface area contributed by atoms with Gasteiger partial charge in [-0.1, -0.05) is 30.3 Å². The number of nitrogens with one attached hydrogen (secondary N) is 1. The second-order valence-corrected chi connectivity index (χ2v) is 5.79. The van der Waals surface area contributed by atoms with Gasteiger partial charge < -0.3 is 20.4 Å². The summed E-state index contributed by atoms with van der Waals surface area (Å²) in [5, 5.41) is 22.0. The van der Waals surface area contributed by atoms with Crippen LogP contribution in [0.2, 0.25) is 0 Å². The molecule has 0 saturated heterocycles. The third-order valence-electron chi connectivity index (χ3n) is 4.18. The molecular formula is C18H18N2O4. The van der Waals surface area contributed by atoms with Crippen molar-refractivity contribution in [2.75, 3.05) is 11.9 Å². The van der Waals surface area contributed by atoms with Gasteiger partial charge in [0.15, 0.2) is 6.10 Å². The molecule has 0 bridgehead atoms. The van der Waals surface area contributed by atoms with Gasteiger partial charge in [0.25, 0.3) is 5.91 Å². The second kappa shape index (κ2) is 6.33. The number of aliphatic hydroxyl groups is 1. The molecule has 1 heterocycles. The number of phenols is 1. The Morgan fingerprint density at radius 1 is 1.21 bits per heavy atom. The molecule has 124 valence electrons. The highest BCUT2D eigenvalue weighted by Crippen LogP contribution is 2.26. The Bertz CT molecular complexity index is 773. The number of amides is 2. The summed E-state index contributed by atoms with van der Waals surface area (Å²) in [6.07, 6.45) is -1.02. The van der Waals surface area contributed by atoms with Crippen LogP contribution in [0.25, 0.3) is 0 Å². The van der Waals surface area contributed by atoms with Gasteiger partial charge in [-0.15, -0.1) is 0 Å². The van der Waals surface area contributed by atoms with Gasteiger partial charge >= 0.3 is 0 Å². The van der Waals surface area contributed by atoms with Crippen molar-refractivity contribution >= 4 is 17.5 Å². The lowest BCUT2D eigenvalue weighted by Gasteiger charge is -2.32. The average Bonchev–Trinajstić information content (AvgIpc) is 2.59. The lowest BCUT2D eigenvalue weighted by molar-refractivity contribution is -0.133. The minimum absolute atomic E-state index is 0.0482. The molecule has 3 rings (SSSR count). The van der Waals surface area contributed by atoms with Crippen LogP contribution in [0.4, 0.5) is 5.69 Å². The van der Waals surface area contributed by atoms with Crippen molar-refractivity contribution in [1.82, 2.24) is 5.32 Å². The molecule has 6 heteroatoms. The fraction of sp³-hybridized carbons (Fsp3) is 0.222. The molecule has 24 heavy (non-hydrogen) atoms. The molecule has 0 saturated carbocycles. The lowest BCUT2D eigenvalue weighted by atomic mass is 9.97. The predicted molar refractivity (Wildman–Crippen MR) is 88.6 cm³/mol. The smallest absolute Gasteiger partial charge is 0.254 e. The van der Waals surface area contributed by atoms with Crippen molar-refractivity contribution in [3.05, 3.63) is 59.7 Å². The first-order valence-corrected chi connectivity index (χ1v) is 7.60. The summed E-state index contributed by atoms with van der Waals surface area (Å²) in [7, 11) is 1.66. The Balaban J connectivity index is 1.75. The van der Waals surface area contributed by atoms with Gasteiger partial charge in [-0.2, -0.15) is 0 Å². The fourth-order valence-electron chi connectivity index (χ4n) is 2.84. The van der Waals surface area contributed by atoms with Crippen LogP contribution in [0, 0.1) is 0 Å². The van der Waals surface area contributed by atoms with E-state index < -0.39 is 18.1 Å².